The molecule has 2 aromatic rings. The van der Waals surface area contributed by atoms with Crippen LogP contribution in [0.25, 0.3) is 11.3 Å². The van der Waals surface area contributed by atoms with Gasteiger partial charge in [0.2, 0.25) is 0 Å². The molecule has 0 spiro atoms. The van der Waals surface area contributed by atoms with Crippen LogP contribution >= 0.6 is 0 Å². The second-order valence-corrected chi connectivity index (χ2v) is 7.68. The van der Waals surface area contributed by atoms with E-state index in [1.165, 1.54) is 0 Å². The van der Waals surface area contributed by atoms with E-state index in [2.05, 4.69) is 22.2 Å². The van der Waals surface area contributed by atoms with E-state index in [9.17, 15) is 0 Å². The van der Waals surface area contributed by atoms with Crippen molar-refractivity contribution in [1.29, 1.82) is 0 Å². The number of hydrogen-bond donors (Lipinski definition) is 4. The Kier molecular flexibility index (Phi) is 11.7. The van der Waals surface area contributed by atoms with Gasteiger partial charge < -0.3 is 21.3 Å². The van der Waals surface area contributed by atoms with Gasteiger partial charge in [-0.05, 0) is 69.0 Å². The predicted octanol–water partition coefficient (Wildman–Crippen LogP) is 3.58. The summed E-state index contributed by atoms with van der Waals surface area (Å²) in [4.78, 5) is 13.7. The van der Waals surface area contributed by atoms with Crippen molar-refractivity contribution < 1.29 is 10.2 Å². The van der Waals surface area contributed by atoms with Gasteiger partial charge in [0, 0.05) is 30.5 Å². The highest BCUT2D eigenvalue weighted by Gasteiger charge is 2.07. The minimum absolute atomic E-state index is 0.132. The molecule has 0 aliphatic carbocycles. The van der Waals surface area contributed by atoms with Gasteiger partial charge >= 0.3 is 0 Å². The molecular weight excluding hydrogens is 414 g/mol. The molecule has 1 atom stereocenters. The average Bonchev–Trinajstić information content (AvgIpc) is 2.82. The molecule has 0 saturated carbocycles. The van der Waals surface area contributed by atoms with Gasteiger partial charge in [-0.1, -0.05) is 36.4 Å². The van der Waals surface area contributed by atoms with Crippen molar-refractivity contribution in [2.75, 3.05) is 0 Å². The van der Waals surface area contributed by atoms with E-state index in [-0.39, 0.29) is 6.04 Å². The summed E-state index contributed by atoms with van der Waals surface area (Å²) in [6.45, 7) is 4.68. The number of allylic oxidation sites excluding steroid dienone is 1. The number of nitrogens with zero attached hydrogens (tertiary/aromatic N) is 3. The van der Waals surface area contributed by atoms with Crippen LogP contribution in [-0.2, 0) is 13.0 Å². The number of nitrogens with one attached hydrogen (secondary N) is 1. The van der Waals surface area contributed by atoms with Crippen LogP contribution in [0.1, 0.15) is 44.4 Å². The Bertz CT molecular complexity index is 960. The summed E-state index contributed by atoms with van der Waals surface area (Å²) in [5.41, 5.74) is 10.2. The number of aryl methyl sites for hydroxylation is 1. The normalized spacial score (nSPS) is 12.7. The summed E-state index contributed by atoms with van der Waals surface area (Å²) in [6, 6.07) is 12.0. The average molecular weight is 450 g/mol. The van der Waals surface area contributed by atoms with Crippen molar-refractivity contribution in [2.45, 2.75) is 58.4 Å². The van der Waals surface area contributed by atoms with Gasteiger partial charge in [0.05, 0.1) is 11.4 Å². The van der Waals surface area contributed by atoms with Crippen molar-refractivity contribution in [1.82, 2.24) is 20.3 Å². The summed E-state index contributed by atoms with van der Waals surface area (Å²) in [7, 11) is 0. The highest BCUT2D eigenvalue weighted by molar-refractivity contribution is 5.60. The first-order valence-corrected chi connectivity index (χ1v) is 11.3. The van der Waals surface area contributed by atoms with Crippen molar-refractivity contribution in [3.05, 3.63) is 90.3 Å². The summed E-state index contributed by atoms with van der Waals surface area (Å²) in [5.74, 6) is 0. The molecule has 1 aromatic carbocycles. The first kappa shape index (κ1) is 26.1. The molecule has 1 heterocycles. The minimum atomic E-state index is -1.28. The van der Waals surface area contributed by atoms with E-state index in [1.54, 1.807) is 24.9 Å². The Balaban J connectivity index is 2.29. The summed E-state index contributed by atoms with van der Waals surface area (Å²) in [6.07, 6.45) is 11.8. The molecule has 0 fully saturated rings. The van der Waals surface area contributed by atoms with Crippen molar-refractivity contribution in [2.24, 2.45) is 5.73 Å². The lowest BCUT2D eigenvalue weighted by atomic mass is 10.1. The number of aromatic nitrogens is 3. The van der Waals surface area contributed by atoms with Crippen molar-refractivity contribution >= 4 is 0 Å². The second kappa shape index (κ2) is 14.8. The number of nitrogens with two attached hydrogens (primary N) is 1. The zero-order valence-electron chi connectivity index (χ0n) is 19.4. The maximum absolute atomic E-state index is 9.12. The van der Waals surface area contributed by atoms with Crippen LogP contribution in [0.2, 0.25) is 0 Å². The fourth-order valence-corrected chi connectivity index (χ4v) is 3.36. The quantitative estimate of drug-likeness (QED) is 0.235. The standard InChI is InChI=1S/C26H35N5O2/c1-3-22(13-15-27)20(2)30-18-21-14-16-29-24(11-7-8-12-25(32)33)26(31-19-28-17-21)23-9-5-4-6-10-23/h3-6,9-10,13-17,19-20,25,30,32-33H,7-8,11-12,18,27H2,1-2H3/b15-13-,16-14?,21-14?,21-17?,22-3+,26-24?,28-17?,28-19?,29-16?,29-24?,31-19?,31-26?. The Morgan fingerprint density at radius 2 is 1.91 bits per heavy atom. The van der Waals surface area contributed by atoms with Gasteiger partial charge in [0.1, 0.15) is 6.33 Å². The molecule has 0 saturated heterocycles. The Labute approximate surface area is 196 Å². The molecule has 0 radical (unpaired) electrons. The van der Waals surface area contributed by atoms with Gasteiger partial charge in [-0.3, -0.25) is 4.98 Å². The van der Waals surface area contributed by atoms with E-state index in [1.807, 2.05) is 55.5 Å². The van der Waals surface area contributed by atoms with E-state index >= 15 is 0 Å². The van der Waals surface area contributed by atoms with Crippen LogP contribution in [0.3, 0.4) is 0 Å². The SMILES string of the molecule is C/C=C(\C=C/N)C(C)NCc1ccnc(CCCCC(O)O)c(-c2ccccc2)ncnc1. The lowest BCUT2D eigenvalue weighted by molar-refractivity contribution is -0.0465. The number of aliphatic hydroxyl groups is 2. The van der Waals surface area contributed by atoms with Gasteiger partial charge in [-0.25, -0.2) is 9.97 Å². The smallest absolute Gasteiger partial charge is 0.151 e. The topological polar surface area (TPSA) is 117 Å². The molecule has 1 aromatic heterocycles. The van der Waals surface area contributed by atoms with E-state index < -0.39 is 6.29 Å². The Morgan fingerprint density at radius 3 is 2.61 bits per heavy atom. The minimum Gasteiger partial charge on any atom is -0.405 e. The van der Waals surface area contributed by atoms with Crippen LogP contribution in [0.4, 0.5) is 0 Å². The number of hydrogen-bond acceptors (Lipinski definition) is 7. The van der Waals surface area contributed by atoms with Crippen LogP contribution in [0.15, 0.2) is 79.0 Å². The Morgan fingerprint density at radius 1 is 1.12 bits per heavy atom. The fraction of sp³-hybridized carbons (Fsp3) is 0.346. The zero-order chi connectivity index (χ0) is 23.9. The molecule has 0 aliphatic heterocycles. The maximum atomic E-state index is 9.12. The van der Waals surface area contributed by atoms with E-state index in [4.69, 9.17) is 20.9 Å². The lowest BCUT2D eigenvalue weighted by Crippen LogP contribution is -2.26. The summed E-state index contributed by atoms with van der Waals surface area (Å²) in [5, 5.41) is 21.7. The third-order valence-corrected chi connectivity index (χ3v) is 5.19. The van der Waals surface area contributed by atoms with E-state index in [0.29, 0.717) is 25.8 Å². The van der Waals surface area contributed by atoms with Gasteiger partial charge in [0.25, 0.3) is 0 Å². The van der Waals surface area contributed by atoms with Crippen LogP contribution < -0.4 is 11.1 Å². The molecule has 0 bridgehead atoms. The summed E-state index contributed by atoms with van der Waals surface area (Å²) >= 11 is 0. The zero-order valence-corrected chi connectivity index (χ0v) is 19.4. The molecule has 33 heavy (non-hydrogen) atoms. The maximum Gasteiger partial charge on any atom is 0.151 e. The summed E-state index contributed by atoms with van der Waals surface area (Å²) < 4.78 is 0. The highest BCUT2D eigenvalue weighted by atomic mass is 16.5. The molecular formula is C26H35N5O2. The van der Waals surface area contributed by atoms with Crippen LogP contribution in [-0.4, -0.2) is 37.5 Å². The number of rotatable bonds is 11. The number of unbranched alkanes of at least 4 members (excludes halogenated alkanes) is 1. The molecule has 0 aliphatic rings. The van der Waals surface area contributed by atoms with Gasteiger partial charge in [-0.15, -0.1) is 0 Å². The van der Waals surface area contributed by atoms with Crippen molar-refractivity contribution in [3.8, 4) is 11.3 Å². The molecule has 7 nitrogen and oxygen atoms in total. The van der Waals surface area contributed by atoms with E-state index in [0.717, 1.165) is 34.5 Å². The van der Waals surface area contributed by atoms with Crippen LogP contribution in [0.5, 0.6) is 0 Å². The van der Waals surface area contributed by atoms with Gasteiger partial charge in [0.15, 0.2) is 6.29 Å². The molecule has 1 unspecified atom stereocenters. The lowest BCUT2D eigenvalue weighted by Gasteiger charge is -2.14. The largest absolute Gasteiger partial charge is 0.405 e. The van der Waals surface area contributed by atoms with Crippen molar-refractivity contribution in [3.63, 3.8) is 0 Å². The second-order valence-electron chi connectivity index (χ2n) is 7.68. The molecule has 5 N–H and O–H groups in total. The third-order valence-electron chi connectivity index (χ3n) is 5.19. The molecule has 7 heteroatoms. The fourth-order valence-electron chi connectivity index (χ4n) is 3.36. The van der Waals surface area contributed by atoms with Gasteiger partial charge in [-0.2, -0.15) is 0 Å². The number of benzene rings is 1. The molecule has 176 valence electrons. The molecule has 0 amide bonds. The first-order chi connectivity index (χ1) is 16.0. The first-order valence-electron chi connectivity index (χ1n) is 11.3. The third kappa shape index (κ3) is 9.49. The molecule has 2 rings (SSSR count). The Hall–Kier alpha value is -3.13. The highest BCUT2D eigenvalue weighted by Crippen LogP contribution is 2.20. The van der Waals surface area contributed by atoms with Crippen LogP contribution in [0, 0.1) is 0 Å². The monoisotopic (exact) mass is 449 g/mol. The predicted molar refractivity (Wildman–Crippen MR) is 132 cm³/mol. The number of aliphatic hydroxyl groups excluding tert-OH is 1.